The number of nitro benzene ring substituents is 1. The number of benzene rings is 2. The first-order chi connectivity index (χ1) is 12.0. The summed E-state index contributed by atoms with van der Waals surface area (Å²) in [4.78, 5) is 22.1. The van der Waals surface area contributed by atoms with E-state index in [0.717, 1.165) is 23.9 Å². The van der Waals surface area contributed by atoms with Gasteiger partial charge in [-0.2, -0.15) is 5.10 Å². The summed E-state index contributed by atoms with van der Waals surface area (Å²) in [6.45, 7) is 1.86. The van der Waals surface area contributed by atoms with E-state index in [4.69, 9.17) is 4.74 Å². The number of carbonyl (C=O) groups excluding carboxylic acids is 1. The predicted molar refractivity (Wildman–Crippen MR) is 89.6 cm³/mol. The zero-order chi connectivity index (χ0) is 18.2. The second-order valence-electron chi connectivity index (χ2n) is 5.01. The van der Waals surface area contributed by atoms with E-state index in [-0.39, 0.29) is 35.9 Å². The Bertz CT molecular complexity index is 790. The molecule has 0 aliphatic carbocycles. The fraction of sp³-hybridized carbons (Fsp3) is 0.176. The monoisotopic (exact) mass is 342 g/mol. The van der Waals surface area contributed by atoms with Crippen LogP contribution in [-0.4, -0.2) is 23.7 Å². The van der Waals surface area contributed by atoms with Crippen LogP contribution in [0.15, 0.2) is 47.6 Å². The highest BCUT2D eigenvalue weighted by Crippen LogP contribution is 2.31. The number of amides is 1. The van der Waals surface area contributed by atoms with Crippen LogP contribution in [0.1, 0.15) is 18.1 Å². The SMILES string of the molecule is CCOc1cc([N+](=O)[O-])cc(/C=N\NC(=O)Cc2ccccc2)c1[O-]. The van der Waals surface area contributed by atoms with Crippen molar-refractivity contribution in [3.05, 3.63) is 63.7 Å². The van der Waals surface area contributed by atoms with Crippen LogP contribution in [0.3, 0.4) is 0 Å². The molecule has 0 heterocycles. The van der Waals surface area contributed by atoms with Crippen molar-refractivity contribution in [1.82, 2.24) is 5.43 Å². The molecule has 0 saturated heterocycles. The molecule has 0 aliphatic heterocycles. The first-order valence-electron chi connectivity index (χ1n) is 7.49. The van der Waals surface area contributed by atoms with Crippen LogP contribution in [0.4, 0.5) is 5.69 Å². The number of hydrogen-bond donors (Lipinski definition) is 1. The first kappa shape index (κ1) is 17.9. The summed E-state index contributed by atoms with van der Waals surface area (Å²) in [7, 11) is 0. The molecule has 2 aromatic rings. The van der Waals surface area contributed by atoms with Gasteiger partial charge in [-0.25, -0.2) is 5.43 Å². The molecule has 0 spiro atoms. The Labute approximate surface area is 143 Å². The molecule has 0 radical (unpaired) electrons. The predicted octanol–water partition coefficient (Wildman–Crippen LogP) is 1.76. The third-order valence-corrected chi connectivity index (χ3v) is 3.18. The molecule has 130 valence electrons. The zero-order valence-corrected chi connectivity index (χ0v) is 13.5. The standard InChI is InChI=1S/C17H17N3O5/c1-2-25-15-10-14(20(23)24)9-13(17(15)22)11-18-19-16(21)8-12-6-4-3-5-7-12/h3-7,9-11,22H,2,8H2,1H3,(H,19,21)/p-1/b18-11-. The van der Waals surface area contributed by atoms with Gasteiger partial charge < -0.3 is 9.84 Å². The number of carbonyl (C=O) groups is 1. The lowest BCUT2D eigenvalue weighted by Gasteiger charge is -2.16. The minimum atomic E-state index is -0.632. The van der Waals surface area contributed by atoms with Crippen LogP contribution in [0.2, 0.25) is 0 Å². The Morgan fingerprint density at radius 3 is 2.68 bits per heavy atom. The molecule has 2 rings (SSSR count). The van der Waals surface area contributed by atoms with E-state index >= 15 is 0 Å². The molecular weight excluding hydrogens is 326 g/mol. The molecule has 0 fully saturated rings. The summed E-state index contributed by atoms with van der Waals surface area (Å²) in [5.41, 5.74) is 2.77. The molecule has 1 amide bonds. The maximum atomic E-state index is 12.1. The van der Waals surface area contributed by atoms with E-state index in [1.165, 1.54) is 0 Å². The van der Waals surface area contributed by atoms with Gasteiger partial charge in [-0.3, -0.25) is 14.9 Å². The summed E-state index contributed by atoms with van der Waals surface area (Å²) < 4.78 is 5.11. The van der Waals surface area contributed by atoms with E-state index in [9.17, 15) is 20.0 Å². The van der Waals surface area contributed by atoms with Crippen LogP contribution in [0.5, 0.6) is 11.5 Å². The lowest BCUT2D eigenvalue weighted by molar-refractivity contribution is -0.385. The van der Waals surface area contributed by atoms with E-state index in [2.05, 4.69) is 10.5 Å². The fourth-order valence-corrected chi connectivity index (χ4v) is 2.07. The summed E-state index contributed by atoms with van der Waals surface area (Å²) in [6.07, 6.45) is 1.20. The number of nitro groups is 1. The molecule has 0 atom stereocenters. The van der Waals surface area contributed by atoms with Gasteiger partial charge in [0.15, 0.2) is 0 Å². The van der Waals surface area contributed by atoms with Crippen molar-refractivity contribution in [2.24, 2.45) is 5.10 Å². The van der Waals surface area contributed by atoms with Gasteiger partial charge in [0.1, 0.15) is 5.75 Å². The topological polar surface area (TPSA) is 117 Å². The normalized spacial score (nSPS) is 10.6. The molecule has 0 aromatic heterocycles. The molecule has 0 bridgehead atoms. The first-order valence-corrected chi connectivity index (χ1v) is 7.49. The maximum Gasteiger partial charge on any atom is 0.273 e. The zero-order valence-electron chi connectivity index (χ0n) is 13.5. The summed E-state index contributed by atoms with van der Waals surface area (Å²) >= 11 is 0. The van der Waals surface area contributed by atoms with Crippen molar-refractivity contribution in [3.8, 4) is 11.5 Å². The Kier molecular flexibility index (Phi) is 6.05. The van der Waals surface area contributed by atoms with Crippen LogP contribution in [0.25, 0.3) is 0 Å². The van der Waals surface area contributed by atoms with Crippen molar-refractivity contribution in [1.29, 1.82) is 0 Å². The number of hydrazone groups is 1. The van der Waals surface area contributed by atoms with Crippen molar-refractivity contribution < 1.29 is 19.6 Å². The van der Waals surface area contributed by atoms with E-state index in [1.54, 1.807) is 19.1 Å². The van der Waals surface area contributed by atoms with Gasteiger partial charge in [0, 0.05) is 6.07 Å². The van der Waals surface area contributed by atoms with Crippen molar-refractivity contribution in [3.63, 3.8) is 0 Å². The second-order valence-corrected chi connectivity index (χ2v) is 5.01. The number of ether oxygens (including phenoxy) is 1. The maximum absolute atomic E-state index is 12.1. The van der Waals surface area contributed by atoms with Crippen molar-refractivity contribution in [2.75, 3.05) is 6.61 Å². The van der Waals surface area contributed by atoms with Gasteiger partial charge in [-0.1, -0.05) is 36.1 Å². The molecule has 8 heteroatoms. The highest BCUT2D eigenvalue weighted by atomic mass is 16.6. The van der Waals surface area contributed by atoms with Crippen LogP contribution < -0.4 is 15.3 Å². The molecular formula is C17H16N3O5-. The van der Waals surface area contributed by atoms with Gasteiger partial charge in [0.2, 0.25) is 5.91 Å². The molecule has 1 N–H and O–H groups in total. The molecule has 2 aromatic carbocycles. The Morgan fingerprint density at radius 2 is 2.04 bits per heavy atom. The molecule has 8 nitrogen and oxygen atoms in total. The molecule has 0 saturated carbocycles. The summed E-state index contributed by atoms with van der Waals surface area (Å²) in [5, 5.41) is 26.8. The quantitative estimate of drug-likeness (QED) is 0.467. The summed E-state index contributed by atoms with van der Waals surface area (Å²) in [5.74, 6) is -1.03. The van der Waals surface area contributed by atoms with Crippen LogP contribution in [-0.2, 0) is 11.2 Å². The van der Waals surface area contributed by atoms with Crippen molar-refractivity contribution >= 4 is 17.8 Å². The number of nitrogens with one attached hydrogen (secondary N) is 1. The Hall–Kier alpha value is -3.42. The smallest absolute Gasteiger partial charge is 0.273 e. The highest BCUT2D eigenvalue weighted by molar-refractivity contribution is 5.87. The Balaban J connectivity index is 2.11. The largest absolute Gasteiger partial charge is 0.870 e. The average Bonchev–Trinajstić information content (AvgIpc) is 2.58. The minimum Gasteiger partial charge on any atom is -0.870 e. The van der Waals surface area contributed by atoms with E-state index in [1.807, 2.05) is 18.2 Å². The third kappa shape index (κ3) is 5.03. The molecule has 0 aliphatic rings. The third-order valence-electron chi connectivity index (χ3n) is 3.18. The van der Waals surface area contributed by atoms with Gasteiger partial charge in [-0.15, -0.1) is 0 Å². The van der Waals surface area contributed by atoms with Gasteiger partial charge in [0.25, 0.3) is 5.69 Å². The molecule has 0 unspecified atom stereocenters. The number of rotatable bonds is 7. The Morgan fingerprint density at radius 1 is 1.32 bits per heavy atom. The number of non-ortho nitro benzene ring substituents is 1. The fourth-order valence-electron chi connectivity index (χ4n) is 2.07. The van der Waals surface area contributed by atoms with Gasteiger partial charge in [-0.05, 0) is 18.1 Å². The van der Waals surface area contributed by atoms with Gasteiger partial charge >= 0.3 is 0 Å². The summed E-state index contributed by atoms with van der Waals surface area (Å²) in [6, 6.07) is 11.2. The van der Waals surface area contributed by atoms with Crippen molar-refractivity contribution in [2.45, 2.75) is 13.3 Å². The van der Waals surface area contributed by atoms with Gasteiger partial charge in [0.05, 0.1) is 30.2 Å². The molecule has 25 heavy (non-hydrogen) atoms. The highest BCUT2D eigenvalue weighted by Gasteiger charge is 2.12. The average molecular weight is 342 g/mol. The minimum absolute atomic E-state index is 0.0438. The van der Waals surface area contributed by atoms with E-state index in [0.29, 0.717) is 0 Å². The lowest BCUT2D eigenvalue weighted by atomic mass is 10.1. The second kappa shape index (κ2) is 8.44. The van der Waals surface area contributed by atoms with Crippen LogP contribution >= 0.6 is 0 Å². The number of nitrogens with zero attached hydrogens (tertiary/aromatic N) is 2. The number of hydrogen-bond acceptors (Lipinski definition) is 6. The van der Waals surface area contributed by atoms with Crippen LogP contribution in [0, 0.1) is 10.1 Å². The van der Waals surface area contributed by atoms with E-state index < -0.39 is 10.7 Å². The lowest BCUT2D eigenvalue weighted by Crippen LogP contribution is -2.19.